The largest absolute Gasteiger partial charge is 0.383 e. The quantitative estimate of drug-likeness (QED) is 0.337. The molecule has 6 nitrogen and oxygen atoms in total. The summed E-state index contributed by atoms with van der Waals surface area (Å²) in [5, 5.41) is 7.58. The van der Waals surface area contributed by atoms with Crippen LogP contribution in [0.25, 0.3) is 34.0 Å². The molecule has 170 valence electrons. The summed E-state index contributed by atoms with van der Waals surface area (Å²) in [5.74, 6) is 1.06. The van der Waals surface area contributed by atoms with Gasteiger partial charge in [-0.1, -0.05) is 53.7 Å². The van der Waals surface area contributed by atoms with Gasteiger partial charge in [-0.25, -0.2) is 0 Å². The Bertz CT molecular complexity index is 1200. The molecular formula is C27H29N3O3. The fourth-order valence-corrected chi connectivity index (χ4v) is 3.82. The van der Waals surface area contributed by atoms with Gasteiger partial charge in [0.15, 0.2) is 0 Å². The molecule has 0 amide bonds. The van der Waals surface area contributed by atoms with Gasteiger partial charge in [0.2, 0.25) is 5.82 Å². The molecule has 6 heteroatoms. The zero-order valence-electron chi connectivity index (χ0n) is 19.3. The van der Waals surface area contributed by atoms with Crippen molar-refractivity contribution >= 4 is 0 Å². The van der Waals surface area contributed by atoms with Gasteiger partial charge in [-0.2, -0.15) is 4.98 Å². The van der Waals surface area contributed by atoms with E-state index in [1.54, 1.807) is 14.2 Å². The van der Waals surface area contributed by atoms with Gasteiger partial charge < -0.3 is 19.3 Å². The molecule has 33 heavy (non-hydrogen) atoms. The van der Waals surface area contributed by atoms with Crippen LogP contribution in [0.4, 0.5) is 0 Å². The average Bonchev–Trinajstić information content (AvgIpc) is 3.33. The van der Waals surface area contributed by atoms with E-state index in [2.05, 4.69) is 64.8 Å². The first-order chi connectivity index (χ1) is 16.2. The van der Waals surface area contributed by atoms with E-state index in [-0.39, 0.29) is 0 Å². The van der Waals surface area contributed by atoms with Crippen molar-refractivity contribution in [2.75, 3.05) is 27.4 Å². The van der Waals surface area contributed by atoms with Crippen LogP contribution in [0.15, 0.2) is 71.3 Å². The van der Waals surface area contributed by atoms with Crippen molar-refractivity contribution in [1.82, 2.24) is 15.5 Å². The third-order valence-corrected chi connectivity index (χ3v) is 5.51. The minimum Gasteiger partial charge on any atom is -0.383 e. The molecule has 0 aliphatic heterocycles. The van der Waals surface area contributed by atoms with Crippen LogP contribution in [-0.4, -0.2) is 37.5 Å². The molecule has 1 N–H and O–H groups in total. The van der Waals surface area contributed by atoms with Crippen molar-refractivity contribution in [1.29, 1.82) is 0 Å². The Balaban J connectivity index is 1.58. The Morgan fingerprint density at radius 3 is 2.58 bits per heavy atom. The lowest BCUT2D eigenvalue weighted by atomic mass is 9.94. The number of rotatable bonds is 10. The molecule has 4 rings (SSSR count). The monoisotopic (exact) mass is 443 g/mol. The van der Waals surface area contributed by atoms with Crippen LogP contribution in [0.5, 0.6) is 0 Å². The van der Waals surface area contributed by atoms with Gasteiger partial charge in [0.05, 0.1) is 13.2 Å². The molecule has 3 aromatic carbocycles. The molecule has 0 fully saturated rings. The Kier molecular flexibility index (Phi) is 7.62. The van der Waals surface area contributed by atoms with Crippen LogP contribution in [0.1, 0.15) is 16.7 Å². The van der Waals surface area contributed by atoms with Gasteiger partial charge in [0.1, 0.15) is 0 Å². The molecule has 0 unspecified atom stereocenters. The number of aromatic nitrogens is 2. The summed E-state index contributed by atoms with van der Waals surface area (Å²) < 4.78 is 16.2. The third kappa shape index (κ3) is 5.54. The highest BCUT2D eigenvalue weighted by Gasteiger charge is 2.15. The maximum atomic E-state index is 5.63. The fraction of sp³-hybridized carbons (Fsp3) is 0.259. The van der Waals surface area contributed by atoms with Crippen molar-refractivity contribution in [3.8, 4) is 34.0 Å². The Morgan fingerprint density at radius 1 is 0.879 bits per heavy atom. The Morgan fingerprint density at radius 2 is 1.76 bits per heavy atom. The summed E-state index contributed by atoms with van der Waals surface area (Å²) in [5.41, 5.74) is 7.58. The predicted molar refractivity (Wildman–Crippen MR) is 130 cm³/mol. The molecule has 1 heterocycles. The van der Waals surface area contributed by atoms with E-state index in [9.17, 15) is 0 Å². The van der Waals surface area contributed by atoms with E-state index in [1.165, 1.54) is 11.1 Å². The highest BCUT2D eigenvalue weighted by atomic mass is 16.5. The zero-order valence-corrected chi connectivity index (χ0v) is 19.3. The van der Waals surface area contributed by atoms with Gasteiger partial charge >= 0.3 is 0 Å². The SMILES string of the molecule is COCCNCc1cccc(-c2noc(-c3ccc(-c4ccccc4C)c(COC)c3)n2)c1. The molecular weight excluding hydrogens is 414 g/mol. The van der Waals surface area contributed by atoms with Crippen LogP contribution in [0, 0.1) is 6.92 Å². The molecule has 0 spiro atoms. The highest BCUT2D eigenvalue weighted by molar-refractivity contribution is 5.74. The number of aryl methyl sites for hydroxylation is 1. The van der Waals surface area contributed by atoms with Crippen molar-refractivity contribution in [3.63, 3.8) is 0 Å². The van der Waals surface area contributed by atoms with Gasteiger partial charge in [-0.15, -0.1) is 0 Å². The average molecular weight is 444 g/mol. The molecule has 4 aromatic rings. The van der Waals surface area contributed by atoms with E-state index in [1.807, 2.05) is 24.3 Å². The fourth-order valence-electron chi connectivity index (χ4n) is 3.82. The standard InChI is InChI=1S/C27H29N3O3/c1-19-7-4-5-10-24(19)25-12-11-22(16-23(25)18-32-3)27-29-26(30-33-27)21-9-6-8-20(15-21)17-28-13-14-31-2/h4-12,15-16,28H,13-14,17-18H2,1-3H3. The molecule has 0 aliphatic carbocycles. The molecule has 0 atom stereocenters. The van der Waals surface area contributed by atoms with Crippen LogP contribution in [0.2, 0.25) is 0 Å². The summed E-state index contributed by atoms with van der Waals surface area (Å²) >= 11 is 0. The second-order valence-electron chi connectivity index (χ2n) is 7.91. The van der Waals surface area contributed by atoms with E-state index in [0.29, 0.717) is 24.9 Å². The Hall–Kier alpha value is -3.32. The highest BCUT2D eigenvalue weighted by Crippen LogP contribution is 2.31. The molecule has 0 saturated heterocycles. The topological polar surface area (TPSA) is 69.4 Å². The molecule has 1 aromatic heterocycles. The van der Waals surface area contributed by atoms with E-state index < -0.39 is 0 Å². The van der Waals surface area contributed by atoms with Crippen LogP contribution < -0.4 is 5.32 Å². The molecule has 0 aliphatic rings. The summed E-state index contributed by atoms with van der Waals surface area (Å²) in [6.45, 7) is 4.85. The second-order valence-corrected chi connectivity index (χ2v) is 7.91. The van der Waals surface area contributed by atoms with Crippen molar-refractivity contribution < 1.29 is 14.0 Å². The lowest BCUT2D eigenvalue weighted by molar-refractivity contribution is 0.185. The van der Waals surface area contributed by atoms with Crippen LogP contribution in [0.3, 0.4) is 0 Å². The maximum Gasteiger partial charge on any atom is 0.258 e. The minimum absolute atomic E-state index is 0.488. The number of ether oxygens (including phenoxy) is 2. The number of methoxy groups -OCH3 is 2. The zero-order chi connectivity index (χ0) is 23.0. The van der Waals surface area contributed by atoms with Crippen LogP contribution >= 0.6 is 0 Å². The molecule has 0 bridgehead atoms. The number of hydrogen-bond acceptors (Lipinski definition) is 6. The summed E-state index contributed by atoms with van der Waals surface area (Å²) in [6, 6.07) is 22.7. The summed E-state index contributed by atoms with van der Waals surface area (Å²) in [6.07, 6.45) is 0. The number of benzene rings is 3. The normalized spacial score (nSPS) is 11.1. The third-order valence-electron chi connectivity index (χ3n) is 5.51. The molecule has 0 radical (unpaired) electrons. The van der Waals surface area contributed by atoms with Crippen molar-refractivity contribution in [2.24, 2.45) is 0 Å². The second kappa shape index (κ2) is 11.0. The Labute approximate surface area is 194 Å². The maximum absolute atomic E-state index is 5.63. The van der Waals surface area contributed by atoms with Gasteiger partial charge in [0, 0.05) is 38.4 Å². The smallest absolute Gasteiger partial charge is 0.258 e. The predicted octanol–water partition coefficient (Wildman–Crippen LogP) is 5.26. The summed E-state index contributed by atoms with van der Waals surface area (Å²) in [4.78, 5) is 4.66. The lowest BCUT2D eigenvalue weighted by Crippen LogP contribution is -2.18. The lowest BCUT2D eigenvalue weighted by Gasteiger charge is -2.12. The van der Waals surface area contributed by atoms with Crippen molar-refractivity contribution in [2.45, 2.75) is 20.1 Å². The first-order valence-electron chi connectivity index (χ1n) is 11.0. The number of nitrogens with zero attached hydrogens (tertiary/aromatic N) is 2. The minimum atomic E-state index is 0.488. The van der Waals surface area contributed by atoms with Crippen molar-refractivity contribution in [3.05, 3.63) is 83.4 Å². The van der Waals surface area contributed by atoms with Gasteiger partial charge in [-0.05, 0) is 52.9 Å². The number of hydrogen-bond donors (Lipinski definition) is 1. The van der Waals surface area contributed by atoms with Gasteiger partial charge in [-0.3, -0.25) is 0 Å². The van der Waals surface area contributed by atoms with E-state index in [0.717, 1.165) is 40.9 Å². The summed E-state index contributed by atoms with van der Waals surface area (Å²) in [7, 11) is 3.40. The van der Waals surface area contributed by atoms with Crippen LogP contribution in [-0.2, 0) is 22.6 Å². The van der Waals surface area contributed by atoms with E-state index in [4.69, 9.17) is 14.0 Å². The number of nitrogens with one attached hydrogen (secondary N) is 1. The van der Waals surface area contributed by atoms with Gasteiger partial charge in [0.25, 0.3) is 5.89 Å². The van der Waals surface area contributed by atoms with E-state index >= 15 is 0 Å². The first-order valence-corrected chi connectivity index (χ1v) is 11.0. The molecule has 0 saturated carbocycles. The first kappa shape index (κ1) is 22.9.